The molecule has 0 aromatic heterocycles. The van der Waals surface area contributed by atoms with E-state index >= 15 is 0 Å². The second-order valence-corrected chi connectivity index (χ2v) is 5.99. The fourth-order valence-corrected chi connectivity index (χ4v) is 2.68. The molecule has 1 aliphatic heterocycles. The van der Waals surface area contributed by atoms with Crippen LogP contribution in [0.4, 0.5) is 10.1 Å². The number of halogens is 1. The van der Waals surface area contributed by atoms with Gasteiger partial charge >= 0.3 is 0 Å². The Hall–Kier alpha value is -1.93. The third-order valence-electron chi connectivity index (χ3n) is 4.28. The van der Waals surface area contributed by atoms with Gasteiger partial charge in [-0.15, -0.1) is 0 Å². The van der Waals surface area contributed by atoms with E-state index in [1.807, 2.05) is 13.8 Å². The Bertz CT molecular complexity index is 571. The predicted octanol–water partition coefficient (Wildman–Crippen LogP) is 2.66. The van der Waals surface area contributed by atoms with Crippen molar-refractivity contribution in [3.05, 3.63) is 29.6 Å². The third kappa shape index (κ3) is 3.22. The van der Waals surface area contributed by atoms with E-state index in [1.165, 1.54) is 12.1 Å². The van der Waals surface area contributed by atoms with Gasteiger partial charge in [0.2, 0.25) is 5.91 Å². The number of carbonyl (C=O) groups is 1. The van der Waals surface area contributed by atoms with E-state index in [2.05, 4.69) is 10.6 Å². The number of nitriles is 1. The number of rotatable bonds is 3. The van der Waals surface area contributed by atoms with Crippen molar-refractivity contribution in [3.8, 4) is 6.07 Å². The van der Waals surface area contributed by atoms with Crippen molar-refractivity contribution >= 4 is 11.6 Å². The molecule has 1 saturated heterocycles. The lowest BCUT2D eigenvalue weighted by atomic mass is 9.74. The molecule has 4 nitrogen and oxygen atoms in total. The van der Waals surface area contributed by atoms with Crippen LogP contribution >= 0.6 is 0 Å². The average molecular weight is 289 g/mol. The topological polar surface area (TPSA) is 64.9 Å². The summed E-state index contributed by atoms with van der Waals surface area (Å²) in [4.78, 5) is 12.5. The maximum atomic E-state index is 13.6. The van der Waals surface area contributed by atoms with Crippen molar-refractivity contribution in [2.24, 2.45) is 11.3 Å². The standard InChI is InChI=1S/C16H20FN3O/c1-16(2,11-5-4-8-19-10-11)15(21)20-14-7-3-6-13(17)12(14)9-18/h3,6-7,11,19H,4-5,8,10H2,1-2H3,(H,20,21). The van der Waals surface area contributed by atoms with Gasteiger partial charge in [-0.05, 0) is 44.0 Å². The first-order chi connectivity index (χ1) is 9.96. The van der Waals surface area contributed by atoms with Crippen molar-refractivity contribution in [1.82, 2.24) is 5.32 Å². The molecule has 1 aromatic rings. The first kappa shape index (κ1) is 15.5. The summed E-state index contributed by atoms with van der Waals surface area (Å²) in [6, 6.07) is 6.05. The molecular formula is C16H20FN3O. The zero-order chi connectivity index (χ0) is 15.5. The van der Waals surface area contributed by atoms with E-state index in [1.54, 1.807) is 12.1 Å². The number of piperidine rings is 1. The molecule has 0 bridgehead atoms. The molecule has 1 unspecified atom stereocenters. The molecule has 2 rings (SSSR count). The molecule has 1 aromatic carbocycles. The SMILES string of the molecule is CC(C)(C(=O)Nc1cccc(F)c1C#N)C1CCCNC1. The van der Waals surface area contributed by atoms with Gasteiger partial charge in [0, 0.05) is 5.41 Å². The number of anilines is 1. The molecule has 0 aliphatic carbocycles. The van der Waals surface area contributed by atoms with Gasteiger partial charge in [0.05, 0.1) is 5.69 Å². The predicted molar refractivity (Wildman–Crippen MR) is 79.1 cm³/mol. The maximum Gasteiger partial charge on any atom is 0.230 e. The van der Waals surface area contributed by atoms with Crippen molar-refractivity contribution in [2.75, 3.05) is 18.4 Å². The fraction of sp³-hybridized carbons (Fsp3) is 0.500. The summed E-state index contributed by atoms with van der Waals surface area (Å²) >= 11 is 0. The Morgan fingerprint density at radius 1 is 1.52 bits per heavy atom. The van der Waals surface area contributed by atoms with Gasteiger partial charge < -0.3 is 10.6 Å². The lowest BCUT2D eigenvalue weighted by Gasteiger charge is -2.36. The maximum absolute atomic E-state index is 13.6. The van der Waals surface area contributed by atoms with E-state index < -0.39 is 11.2 Å². The molecule has 5 heteroatoms. The molecule has 1 amide bonds. The van der Waals surface area contributed by atoms with Crippen LogP contribution in [0.25, 0.3) is 0 Å². The summed E-state index contributed by atoms with van der Waals surface area (Å²) in [5.41, 5.74) is -0.463. The molecule has 1 atom stereocenters. The Morgan fingerprint density at radius 3 is 2.90 bits per heavy atom. The molecule has 1 aliphatic rings. The third-order valence-corrected chi connectivity index (χ3v) is 4.28. The Labute approximate surface area is 124 Å². The summed E-state index contributed by atoms with van der Waals surface area (Å²) < 4.78 is 13.6. The van der Waals surface area contributed by atoms with E-state index in [4.69, 9.17) is 5.26 Å². The monoisotopic (exact) mass is 289 g/mol. The van der Waals surface area contributed by atoms with Gasteiger partial charge in [0.1, 0.15) is 17.4 Å². The molecule has 1 fully saturated rings. The molecule has 1 heterocycles. The van der Waals surface area contributed by atoms with Gasteiger partial charge in [-0.25, -0.2) is 4.39 Å². The van der Waals surface area contributed by atoms with Crippen LogP contribution in [-0.2, 0) is 4.79 Å². The van der Waals surface area contributed by atoms with Crippen LogP contribution in [0.5, 0.6) is 0 Å². The highest BCUT2D eigenvalue weighted by atomic mass is 19.1. The average Bonchev–Trinajstić information content (AvgIpc) is 2.48. The minimum Gasteiger partial charge on any atom is -0.324 e. The lowest BCUT2D eigenvalue weighted by molar-refractivity contribution is -0.127. The highest BCUT2D eigenvalue weighted by Gasteiger charge is 2.37. The second kappa shape index (κ2) is 6.23. The first-order valence-electron chi connectivity index (χ1n) is 7.17. The Kier molecular flexibility index (Phi) is 4.59. The highest BCUT2D eigenvalue weighted by molar-refractivity contribution is 5.96. The van der Waals surface area contributed by atoms with E-state index in [0.717, 1.165) is 25.9 Å². The van der Waals surface area contributed by atoms with Crippen molar-refractivity contribution in [3.63, 3.8) is 0 Å². The normalized spacial score (nSPS) is 18.9. The zero-order valence-corrected chi connectivity index (χ0v) is 12.4. The molecule has 112 valence electrons. The number of benzene rings is 1. The quantitative estimate of drug-likeness (QED) is 0.899. The van der Waals surface area contributed by atoms with Crippen LogP contribution in [-0.4, -0.2) is 19.0 Å². The van der Waals surface area contributed by atoms with Crippen LogP contribution in [0, 0.1) is 28.5 Å². The number of nitrogens with zero attached hydrogens (tertiary/aromatic N) is 1. The van der Waals surface area contributed by atoms with Gasteiger partial charge in [-0.3, -0.25) is 4.79 Å². The summed E-state index contributed by atoms with van der Waals surface area (Å²) in [5.74, 6) is -0.573. The first-order valence-corrected chi connectivity index (χ1v) is 7.17. The minimum absolute atomic E-state index is 0.122. The van der Waals surface area contributed by atoms with Crippen LogP contribution < -0.4 is 10.6 Å². The van der Waals surface area contributed by atoms with E-state index in [-0.39, 0.29) is 23.1 Å². The number of hydrogen-bond donors (Lipinski definition) is 2. The Morgan fingerprint density at radius 2 is 2.29 bits per heavy atom. The van der Waals surface area contributed by atoms with Crippen LogP contribution in [0.3, 0.4) is 0 Å². The highest BCUT2D eigenvalue weighted by Crippen LogP contribution is 2.33. The molecule has 2 N–H and O–H groups in total. The lowest BCUT2D eigenvalue weighted by Crippen LogP contribution is -2.44. The number of hydrogen-bond acceptors (Lipinski definition) is 3. The summed E-state index contributed by atoms with van der Waals surface area (Å²) in [6.07, 6.45) is 2.03. The van der Waals surface area contributed by atoms with Crippen LogP contribution in [0.1, 0.15) is 32.3 Å². The number of nitrogens with one attached hydrogen (secondary N) is 2. The van der Waals surface area contributed by atoms with Gasteiger partial charge in [-0.1, -0.05) is 19.9 Å². The number of carbonyl (C=O) groups excluding carboxylic acids is 1. The largest absolute Gasteiger partial charge is 0.324 e. The molecule has 0 spiro atoms. The number of amides is 1. The fourth-order valence-electron chi connectivity index (χ4n) is 2.68. The zero-order valence-electron chi connectivity index (χ0n) is 12.4. The van der Waals surface area contributed by atoms with Gasteiger partial charge in [0.25, 0.3) is 0 Å². The Balaban J connectivity index is 2.17. The van der Waals surface area contributed by atoms with Crippen molar-refractivity contribution < 1.29 is 9.18 Å². The smallest absolute Gasteiger partial charge is 0.230 e. The molecule has 21 heavy (non-hydrogen) atoms. The van der Waals surface area contributed by atoms with Crippen molar-refractivity contribution in [1.29, 1.82) is 5.26 Å². The minimum atomic E-state index is -0.618. The van der Waals surface area contributed by atoms with E-state index in [9.17, 15) is 9.18 Å². The van der Waals surface area contributed by atoms with Gasteiger partial charge in [0.15, 0.2) is 0 Å². The summed E-state index contributed by atoms with van der Waals surface area (Å²) in [5, 5.41) is 15.0. The van der Waals surface area contributed by atoms with E-state index in [0.29, 0.717) is 0 Å². The van der Waals surface area contributed by atoms with Gasteiger partial charge in [-0.2, -0.15) is 5.26 Å². The molecule has 0 saturated carbocycles. The van der Waals surface area contributed by atoms with Crippen molar-refractivity contribution in [2.45, 2.75) is 26.7 Å². The summed E-state index contributed by atoms with van der Waals surface area (Å²) in [6.45, 7) is 5.57. The molecular weight excluding hydrogens is 269 g/mol. The molecule has 0 radical (unpaired) electrons. The van der Waals surface area contributed by atoms with Crippen LogP contribution in [0.2, 0.25) is 0 Å². The summed E-state index contributed by atoms with van der Waals surface area (Å²) in [7, 11) is 0. The second-order valence-electron chi connectivity index (χ2n) is 5.99. The van der Waals surface area contributed by atoms with Crippen LogP contribution in [0.15, 0.2) is 18.2 Å².